The molecule has 0 atom stereocenters. The van der Waals surface area contributed by atoms with E-state index in [1.54, 1.807) is 6.07 Å². The Kier molecular flexibility index (Phi) is 1.59. The molecule has 15 heavy (non-hydrogen) atoms. The van der Waals surface area contributed by atoms with Crippen LogP contribution in [0.5, 0.6) is 0 Å². The Morgan fingerprint density at radius 2 is 1.93 bits per heavy atom. The number of nitrogens with zero attached hydrogens (tertiary/aromatic N) is 2. The maximum atomic E-state index is 11.5. The van der Waals surface area contributed by atoms with Crippen molar-refractivity contribution in [1.82, 2.24) is 4.98 Å². The number of hydrogen-bond acceptors (Lipinski definition) is 2. The number of fused-ring (bicyclic) bond motifs is 3. The summed E-state index contributed by atoms with van der Waals surface area (Å²) in [5.74, 6) is 0. The third kappa shape index (κ3) is 1.13. The van der Waals surface area contributed by atoms with Gasteiger partial charge >= 0.3 is 0 Å². The molecule has 0 bridgehead atoms. The number of aromatic nitrogens is 2. The zero-order valence-corrected chi connectivity index (χ0v) is 7.92. The molecule has 1 heterocycles. The zero-order valence-electron chi connectivity index (χ0n) is 7.92. The van der Waals surface area contributed by atoms with Crippen molar-refractivity contribution in [3.8, 4) is 0 Å². The quantitative estimate of drug-likeness (QED) is 0.313. The second-order valence-electron chi connectivity index (χ2n) is 3.41. The van der Waals surface area contributed by atoms with Crippen LogP contribution in [0.4, 0.5) is 0 Å². The van der Waals surface area contributed by atoms with Crippen LogP contribution in [0.25, 0.3) is 21.8 Å². The maximum absolute atomic E-state index is 11.5. The summed E-state index contributed by atoms with van der Waals surface area (Å²) in [7, 11) is 0. The van der Waals surface area contributed by atoms with E-state index >= 15 is 0 Å². The van der Waals surface area contributed by atoms with E-state index in [1.165, 1.54) is 12.4 Å². The van der Waals surface area contributed by atoms with Crippen LogP contribution in [-0.2, 0) is 0 Å². The minimum Gasteiger partial charge on any atom is -0.618 e. The first-order chi connectivity index (χ1) is 7.36. The summed E-state index contributed by atoms with van der Waals surface area (Å²) >= 11 is 0. The Morgan fingerprint density at radius 3 is 2.87 bits per heavy atom. The van der Waals surface area contributed by atoms with Crippen LogP contribution in [-0.4, -0.2) is 4.98 Å². The molecule has 0 amide bonds. The summed E-state index contributed by atoms with van der Waals surface area (Å²) in [5, 5.41) is 13.6. The van der Waals surface area contributed by atoms with Gasteiger partial charge in [-0.3, -0.25) is 0 Å². The molecule has 2 aromatic carbocycles. The average molecular weight is 196 g/mol. The molecular formula is C12H8N2O. The first-order valence-electron chi connectivity index (χ1n) is 4.72. The Hall–Kier alpha value is -2.16. The van der Waals surface area contributed by atoms with Crippen LogP contribution < -0.4 is 4.73 Å². The molecule has 72 valence electrons. The van der Waals surface area contributed by atoms with Gasteiger partial charge in [-0.2, -0.15) is 4.73 Å². The highest BCUT2D eigenvalue weighted by atomic mass is 16.5. The molecule has 0 aliphatic carbocycles. The molecule has 3 rings (SSSR count). The van der Waals surface area contributed by atoms with Crippen molar-refractivity contribution >= 4 is 21.8 Å². The highest BCUT2D eigenvalue weighted by Gasteiger charge is 2.06. The number of rotatable bonds is 0. The van der Waals surface area contributed by atoms with E-state index < -0.39 is 0 Å². The van der Waals surface area contributed by atoms with Gasteiger partial charge in [0.2, 0.25) is 5.52 Å². The van der Waals surface area contributed by atoms with Crippen LogP contribution in [0, 0.1) is 5.21 Å². The van der Waals surface area contributed by atoms with Gasteiger partial charge in [-0.1, -0.05) is 24.3 Å². The van der Waals surface area contributed by atoms with E-state index in [9.17, 15) is 5.21 Å². The summed E-state index contributed by atoms with van der Waals surface area (Å²) < 4.78 is 0.842. The monoisotopic (exact) mass is 196 g/mol. The van der Waals surface area contributed by atoms with Gasteiger partial charge in [0, 0.05) is 11.5 Å². The molecule has 0 aliphatic rings. The Bertz CT molecular complexity index is 649. The lowest BCUT2D eigenvalue weighted by Gasteiger charge is -2.02. The third-order valence-corrected chi connectivity index (χ3v) is 2.52. The highest BCUT2D eigenvalue weighted by Crippen LogP contribution is 2.20. The van der Waals surface area contributed by atoms with Crippen LogP contribution in [0.1, 0.15) is 0 Å². The normalized spacial score (nSPS) is 10.9. The summed E-state index contributed by atoms with van der Waals surface area (Å²) in [6.45, 7) is 0. The molecule has 0 unspecified atom stereocenters. The second-order valence-corrected chi connectivity index (χ2v) is 3.41. The second kappa shape index (κ2) is 2.92. The van der Waals surface area contributed by atoms with Crippen LogP contribution in [0.3, 0.4) is 0 Å². The zero-order chi connectivity index (χ0) is 10.3. The molecule has 0 radical (unpaired) electrons. The van der Waals surface area contributed by atoms with Crippen molar-refractivity contribution in [2.75, 3.05) is 0 Å². The highest BCUT2D eigenvalue weighted by molar-refractivity contribution is 6.02. The molecule has 0 fully saturated rings. The van der Waals surface area contributed by atoms with Gasteiger partial charge in [-0.05, 0) is 11.5 Å². The minimum atomic E-state index is 0.608. The van der Waals surface area contributed by atoms with Crippen LogP contribution in [0.15, 0.2) is 48.8 Å². The number of hydrogen-bond donors (Lipinski definition) is 0. The van der Waals surface area contributed by atoms with E-state index in [-0.39, 0.29) is 0 Å². The average Bonchev–Trinajstić information content (AvgIpc) is 2.29. The largest absolute Gasteiger partial charge is 0.618 e. The van der Waals surface area contributed by atoms with E-state index in [0.29, 0.717) is 5.52 Å². The molecule has 3 aromatic rings. The first kappa shape index (κ1) is 8.17. The molecule has 3 heteroatoms. The lowest BCUT2D eigenvalue weighted by Crippen LogP contribution is -2.26. The van der Waals surface area contributed by atoms with Gasteiger partial charge in [0.05, 0.1) is 6.20 Å². The molecular weight excluding hydrogens is 188 g/mol. The standard InChI is InChI=1S/C12H8N2O/c15-14-8-7-13-12-10-4-2-1-3-9(10)5-6-11(12)14/h1-8H. The van der Waals surface area contributed by atoms with Crippen molar-refractivity contribution in [2.24, 2.45) is 0 Å². The first-order valence-corrected chi connectivity index (χ1v) is 4.72. The van der Waals surface area contributed by atoms with E-state index in [4.69, 9.17) is 0 Å². The fourth-order valence-electron chi connectivity index (χ4n) is 1.81. The predicted octanol–water partition coefficient (Wildman–Crippen LogP) is 2.02. The smallest absolute Gasteiger partial charge is 0.243 e. The molecule has 0 saturated heterocycles. The molecule has 0 aliphatic heterocycles. The summed E-state index contributed by atoms with van der Waals surface area (Å²) in [4.78, 5) is 4.25. The summed E-state index contributed by atoms with van der Waals surface area (Å²) in [6, 6.07) is 11.7. The molecule has 0 spiro atoms. The fraction of sp³-hybridized carbons (Fsp3) is 0. The van der Waals surface area contributed by atoms with Gasteiger partial charge < -0.3 is 5.21 Å². The predicted molar refractivity (Wildman–Crippen MR) is 58.2 cm³/mol. The van der Waals surface area contributed by atoms with Gasteiger partial charge in [0.15, 0.2) is 6.20 Å². The maximum Gasteiger partial charge on any atom is 0.243 e. The van der Waals surface area contributed by atoms with E-state index in [0.717, 1.165) is 21.0 Å². The molecule has 0 saturated carbocycles. The van der Waals surface area contributed by atoms with E-state index in [2.05, 4.69) is 4.98 Å². The third-order valence-electron chi connectivity index (χ3n) is 2.52. The van der Waals surface area contributed by atoms with Crippen molar-refractivity contribution in [3.63, 3.8) is 0 Å². The fourth-order valence-corrected chi connectivity index (χ4v) is 1.81. The Balaban J connectivity index is 2.60. The van der Waals surface area contributed by atoms with Gasteiger partial charge in [0.1, 0.15) is 5.52 Å². The lowest BCUT2D eigenvalue weighted by molar-refractivity contribution is -0.577. The van der Waals surface area contributed by atoms with E-state index in [1.807, 2.05) is 30.3 Å². The summed E-state index contributed by atoms with van der Waals surface area (Å²) in [6.07, 6.45) is 2.94. The van der Waals surface area contributed by atoms with Crippen molar-refractivity contribution in [2.45, 2.75) is 0 Å². The molecule has 0 N–H and O–H groups in total. The van der Waals surface area contributed by atoms with Crippen LogP contribution in [0.2, 0.25) is 0 Å². The topological polar surface area (TPSA) is 39.8 Å². The molecule has 3 nitrogen and oxygen atoms in total. The van der Waals surface area contributed by atoms with Crippen LogP contribution >= 0.6 is 0 Å². The molecule has 1 aromatic heterocycles. The Labute approximate surface area is 86.2 Å². The Morgan fingerprint density at radius 1 is 1.07 bits per heavy atom. The van der Waals surface area contributed by atoms with Gasteiger partial charge in [0.25, 0.3) is 0 Å². The minimum absolute atomic E-state index is 0.608. The van der Waals surface area contributed by atoms with Crippen molar-refractivity contribution in [3.05, 3.63) is 54.0 Å². The van der Waals surface area contributed by atoms with Crippen molar-refractivity contribution < 1.29 is 4.73 Å². The van der Waals surface area contributed by atoms with Gasteiger partial charge in [-0.25, -0.2) is 4.98 Å². The SMILES string of the molecule is [O-][n+]1ccnc2c3ccccc3ccc21. The number of benzene rings is 2. The van der Waals surface area contributed by atoms with Crippen molar-refractivity contribution in [1.29, 1.82) is 0 Å². The van der Waals surface area contributed by atoms with Gasteiger partial charge in [-0.15, -0.1) is 0 Å². The summed E-state index contributed by atoms with van der Waals surface area (Å²) in [5.41, 5.74) is 1.36. The lowest BCUT2D eigenvalue weighted by atomic mass is 10.1.